The first-order valence-corrected chi connectivity index (χ1v) is 12.1. The zero-order chi connectivity index (χ0) is 21.4. The predicted molar refractivity (Wildman–Crippen MR) is 108 cm³/mol. The average molecular weight is 411 g/mol. The van der Waals surface area contributed by atoms with Crippen molar-refractivity contribution in [3.05, 3.63) is 18.4 Å². The largest absolute Gasteiger partial charge is 0.447 e. The highest BCUT2D eigenvalue weighted by Crippen LogP contribution is 2.47. The molecule has 1 aromatic heterocycles. The zero-order valence-corrected chi connectivity index (χ0v) is 19.5. The zero-order valence-electron chi connectivity index (χ0n) is 18.5. The molecule has 0 unspecified atom stereocenters. The van der Waals surface area contributed by atoms with Gasteiger partial charge >= 0.3 is 6.09 Å². The Hall–Kier alpha value is -1.67. The molecule has 0 bridgehead atoms. The Labute approximate surface area is 168 Å². The van der Waals surface area contributed by atoms with E-state index < -0.39 is 38.1 Å². The lowest BCUT2D eigenvalue weighted by Gasteiger charge is -2.50. The molecule has 1 aromatic rings. The number of aromatic nitrogens is 1. The monoisotopic (exact) mass is 410 g/mol. The Bertz CT molecular complexity index is 672. The Morgan fingerprint density at radius 3 is 2.07 bits per heavy atom. The minimum absolute atomic E-state index is 0.287. The predicted octanol–water partition coefficient (Wildman–Crippen LogP) is 5.05. The Morgan fingerprint density at radius 1 is 1.14 bits per heavy atom. The summed E-state index contributed by atoms with van der Waals surface area (Å²) in [6, 6.07) is -0.708. The third kappa shape index (κ3) is 4.03. The summed E-state index contributed by atoms with van der Waals surface area (Å²) in [7, 11) is -2.34. The van der Waals surface area contributed by atoms with Crippen molar-refractivity contribution in [2.75, 3.05) is 0 Å². The first kappa shape index (κ1) is 22.6. The molecule has 2 amide bonds. The van der Waals surface area contributed by atoms with Gasteiger partial charge in [-0.1, -0.05) is 41.5 Å². The first-order chi connectivity index (χ1) is 12.8. The van der Waals surface area contributed by atoms with Crippen LogP contribution >= 0.6 is 0 Å². The number of oxazole rings is 1. The number of carbonyl (C=O) groups is 2. The van der Waals surface area contributed by atoms with Gasteiger partial charge in [0, 0.05) is 0 Å². The van der Waals surface area contributed by atoms with E-state index in [0.29, 0.717) is 16.6 Å². The van der Waals surface area contributed by atoms with Crippen LogP contribution in [0.2, 0.25) is 16.6 Å². The topological polar surface area (TPSA) is 81.9 Å². The highest BCUT2D eigenvalue weighted by atomic mass is 28.4. The summed E-state index contributed by atoms with van der Waals surface area (Å²) in [5.41, 5.74) is 0.208. The molecule has 2 heterocycles. The van der Waals surface area contributed by atoms with E-state index >= 15 is 0 Å². The Kier molecular flexibility index (Phi) is 6.45. The molecule has 1 fully saturated rings. The number of ether oxygens (including phenoxy) is 1. The van der Waals surface area contributed by atoms with Crippen molar-refractivity contribution in [2.45, 2.75) is 96.7 Å². The van der Waals surface area contributed by atoms with Crippen LogP contribution in [0.1, 0.15) is 74.2 Å². The number of hydrogen-bond donors (Lipinski definition) is 0. The normalized spacial score (nSPS) is 20.9. The van der Waals surface area contributed by atoms with E-state index in [1.165, 1.54) is 12.5 Å². The smallest absolute Gasteiger partial charge is 0.417 e. The molecule has 0 saturated carbocycles. The second-order valence-corrected chi connectivity index (χ2v) is 14.8. The van der Waals surface area contributed by atoms with Gasteiger partial charge in [0.25, 0.3) is 5.91 Å². The first-order valence-electron chi connectivity index (χ1n) is 9.96. The molecule has 0 aliphatic carbocycles. The fraction of sp³-hybridized carbons (Fsp3) is 0.750. The number of imide groups is 1. The van der Waals surface area contributed by atoms with Gasteiger partial charge in [0.15, 0.2) is 12.1 Å². The summed E-state index contributed by atoms with van der Waals surface area (Å²) in [6.07, 6.45) is 1.44. The molecule has 0 spiro atoms. The van der Waals surface area contributed by atoms with Crippen LogP contribution in [-0.4, -0.2) is 41.9 Å². The van der Waals surface area contributed by atoms with Gasteiger partial charge in [-0.25, -0.2) is 14.7 Å². The number of carbonyl (C=O) groups excluding carboxylic acids is 2. The fourth-order valence-corrected chi connectivity index (χ4v) is 9.83. The van der Waals surface area contributed by atoms with Gasteiger partial charge in [-0.15, -0.1) is 0 Å². The lowest BCUT2D eigenvalue weighted by atomic mass is 9.99. The third-order valence-corrected chi connectivity index (χ3v) is 11.5. The lowest BCUT2D eigenvalue weighted by molar-refractivity contribution is -0.164. The molecule has 1 aliphatic heterocycles. The average Bonchev–Trinajstić information content (AvgIpc) is 3.03. The molecule has 2 rings (SSSR count). The van der Waals surface area contributed by atoms with Gasteiger partial charge in [-0.3, -0.25) is 4.79 Å². The SMILES string of the molecule is CC(C)[Si](O[C@H]1C(=O)N(C(=O)OC(C)(C)C)[C@H]1c1ncco1)(C(C)C)C(C)C. The van der Waals surface area contributed by atoms with E-state index in [1.807, 2.05) is 0 Å². The summed E-state index contributed by atoms with van der Waals surface area (Å²) in [6.45, 7) is 18.2. The van der Waals surface area contributed by atoms with Crippen LogP contribution in [0, 0.1) is 0 Å². The molecule has 0 aromatic carbocycles. The summed E-state index contributed by atoms with van der Waals surface area (Å²) in [5, 5.41) is 0. The van der Waals surface area contributed by atoms with E-state index in [9.17, 15) is 9.59 Å². The maximum Gasteiger partial charge on any atom is 0.417 e. The van der Waals surface area contributed by atoms with Gasteiger partial charge < -0.3 is 13.6 Å². The quantitative estimate of drug-likeness (QED) is 0.482. The lowest BCUT2D eigenvalue weighted by Crippen LogP contribution is -2.66. The molecule has 0 radical (unpaired) electrons. The summed E-state index contributed by atoms with van der Waals surface area (Å²) >= 11 is 0. The molecule has 1 saturated heterocycles. The minimum Gasteiger partial charge on any atom is -0.447 e. The number of β-lactam (4-membered cyclic amide) rings is 1. The number of likely N-dealkylation sites (tertiary alicyclic amines) is 1. The van der Waals surface area contributed by atoms with Crippen molar-refractivity contribution in [1.82, 2.24) is 9.88 Å². The fourth-order valence-electron chi connectivity index (χ4n) is 4.34. The van der Waals surface area contributed by atoms with Crippen LogP contribution in [0.25, 0.3) is 0 Å². The van der Waals surface area contributed by atoms with Crippen molar-refractivity contribution in [3.8, 4) is 0 Å². The second-order valence-electron chi connectivity index (χ2n) is 9.36. The third-order valence-electron chi connectivity index (χ3n) is 5.38. The van der Waals surface area contributed by atoms with Crippen molar-refractivity contribution in [2.24, 2.45) is 0 Å². The van der Waals surface area contributed by atoms with E-state index in [2.05, 4.69) is 46.5 Å². The standard InChI is InChI=1S/C20H34N2O5Si/c1-12(2)28(13(3)4,14(5)6)27-16-15(17-21-10-11-25-17)22(18(16)23)19(24)26-20(7,8)9/h10-16H,1-9H3/t15-,16-/m1/s1. The molecular weight excluding hydrogens is 376 g/mol. The van der Waals surface area contributed by atoms with E-state index in [-0.39, 0.29) is 5.89 Å². The molecule has 28 heavy (non-hydrogen) atoms. The van der Waals surface area contributed by atoms with Crippen LogP contribution in [-0.2, 0) is 14.0 Å². The number of hydrogen-bond acceptors (Lipinski definition) is 6. The van der Waals surface area contributed by atoms with Gasteiger partial charge in [0.2, 0.25) is 14.2 Å². The van der Waals surface area contributed by atoms with Crippen LogP contribution < -0.4 is 0 Å². The summed E-state index contributed by atoms with van der Waals surface area (Å²) in [5.74, 6) is -0.106. The summed E-state index contributed by atoms with van der Waals surface area (Å²) < 4.78 is 17.5. The van der Waals surface area contributed by atoms with Crippen LogP contribution in [0.5, 0.6) is 0 Å². The maximum atomic E-state index is 13.0. The molecule has 0 N–H and O–H groups in total. The maximum absolute atomic E-state index is 13.0. The van der Waals surface area contributed by atoms with Crippen LogP contribution in [0.15, 0.2) is 16.9 Å². The second kappa shape index (κ2) is 7.98. The van der Waals surface area contributed by atoms with Gasteiger partial charge in [-0.2, -0.15) is 0 Å². The highest BCUT2D eigenvalue weighted by Gasteiger charge is 2.60. The van der Waals surface area contributed by atoms with E-state index in [0.717, 1.165) is 4.90 Å². The van der Waals surface area contributed by atoms with Crippen LogP contribution in [0.3, 0.4) is 0 Å². The van der Waals surface area contributed by atoms with E-state index in [1.54, 1.807) is 20.8 Å². The Morgan fingerprint density at radius 2 is 1.68 bits per heavy atom. The van der Waals surface area contributed by atoms with Crippen molar-refractivity contribution in [1.29, 1.82) is 0 Å². The highest BCUT2D eigenvalue weighted by molar-refractivity contribution is 6.77. The number of rotatable bonds is 6. The van der Waals surface area contributed by atoms with Gasteiger partial charge in [0.05, 0.1) is 6.20 Å². The van der Waals surface area contributed by atoms with Crippen LogP contribution in [0.4, 0.5) is 4.79 Å². The molecule has 2 atom stereocenters. The molecule has 158 valence electrons. The molecule has 1 aliphatic rings. The van der Waals surface area contributed by atoms with Gasteiger partial charge in [0.1, 0.15) is 11.9 Å². The number of nitrogens with zero attached hydrogens (tertiary/aromatic N) is 2. The van der Waals surface area contributed by atoms with Crippen molar-refractivity contribution >= 4 is 20.3 Å². The molecule has 8 heteroatoms. The van der Waals surface area contributed by atoms with Crippen molar-refractivity contribution < 1.29 is 23.2 Å². The Balaban J connectivity index is 2.38. The van der Waals surface area contributed by atoms with Gasteiger partial charge in [-0.05, 0) is 37.4 Å². The minimum atomic E-state index is -2.34. The number of amides is 2. The van der Waals surface area contributed by atoms with E-state index in [4.69, 9.17) is 13.6 Å². The summed E-state index contributed by atoms with van der Waals surface area (Å²) in [4.78, 5) is 30.9. The molecular formula is C20H34N2O5Si. The van der Waals surface area contributed by atoms with Crippen molar-refractivity contribution in [3.63, 3.8) is 0 Å². The molecule has 7 nitrogen and oxygen atoms in total.